The van der Waals surface area contributed by atoms with Gasteiger partial charge in [-0.15, -0.1) is 0 Å². The second kappa shape index (κ2) is 9.35. The normalized spacial score (nSPS) is 11.0. The molecule has 2 aromatic rings. The van der Waals surface area contributed by atoms with Gasteiger partial charge < -0.3 is 10.1 Å². The fourth-order valence-corrected chi connectivity index (χ4v) is 2.41. The standard InChI is InChI=1S/C22H22N2O3/c1-15(2)18-9-7-17(8-10-18)12-19(13-23)22(26)27-14-21(25)24-20-6-4-5-16(3)11-20/h4-12,15H,14H2,1-3H3,(H,24,25)/b19-12+. The minimum Gasteiger partial charge on any atom is -0.451 e. The van der Waals surface area contributed by atoms with Crippen molar-refractivity contribution < 1.29 is 14.3 Å². The van der Waals surface area contributed by atoms with E-state index in [1.807, 2.05) is 49.4 Å². The first-order chi connectivity index (χ1) is 12.9. The van der Waals surface area contributed by atoms with Crippen LogP contribution in [0.15, 0.2) is 54.1 Å². The summed E-state index contributed by atoms with van der Waals surface area (Å²) in [6.07, 6.45) is 1.45. The number of hydrogen-bond donors (Lipinski definition) is 1. The van der Waals surface area contributed by atoms with Crippen molar-refractivity contribution in [3.63, 3.8) is 0 Å². The molecule has 0 atom stereocenters. The number of nitrogens with zero attached hydrogens (tertiary/aromatic N) is 1. The zero-order chi connectivity index (χ0) is 19.8. The van der Waals surface area contributed by atoms with Crippen LogP contribution in [0.3, 0.4) is 0 Å². The Bertz CT molecular complexity index is 891. The van der Waals surface area contributed by atoms with Gasteiger partial charge in [0.05, 0.1) is 0 Å². The van der Waals surface area contributed by atoms with Crippen LogP contribution in [0.1, 0.15) is 36.5 Å². The number of anilines is 1. The average Bonchev–Trinajstić information content (AvgIpc) is 2.64. The second-order valence-electron chi connectivity index (χ2n) is 6.48. The third-order valence-corrected chi connectivity index (χ3v) is 3.89. The van der Waals surface area contributed by atoms with E-state index in [0.29, 0.717) is 11.6 Å². The number of amides is 1. The third-order valence-electron chi connectivity index (χ3n) is 3.89. The molecule has 5 heteroatoms. The molecule has 0 heterocycles. The van der Waals surface area contributed by atoms with E-state index in [4.69, 9.17) is 4.74 Å². The lowest BCUT2D eigenvalue weighted by molar-refractivity contribution is -0.142. The van der Waals surface area contributed by atoms with Crippen molar-refractivity contribution in [1.82, 2.24) is 0 Å². The molecule has 1 N–H and O–H groups in total. The Morgan fingerprint density at radius 1 is 1.19 bits per heavy atom. The number of nitrogens with one attached hydrogen (secondary N) is 1. The summed E-state index contributed by atoms with van der Waals surface area (Å²) >= 11 is 0. The van der Waals surface area contributed by atoms with Gasteiger partial charge in [0, 0.05) is 5.69 Å². The molecule has 2 aromatic carbocycles. The Labute approximate surface area is 159 Å². The Morgan fingerprint density at radius 3 is 2.48 bits per heavy atom. The van der Waals surface area contributed by atoms with E-state index in [9.17, 15) is 14.9 Å². The van der Waals surface area contributed by atoms with E-state index in [1.54, 1.807) is 12.1 Å². The molecule has 0 aliphatic rings. The van der Waals surface area contributed by atoms with Crippen LogP contribution in [-0.4, -0.2) is 18.5 Å². The molecular weight excluding hydrogens is 340 g/mol. The molecule has 0 saturated heterocycles. The number of ether oxygens (including phenoxy) is 1. The molecule has 0 aromatic heterocycles. The number of hydrogen-bond acceptors (Lipinski definition) is 4. The fourth-order valence-electron chi connectivity index (χ4n) is 2.41. The monoisotopic (exact) mass is 362 g/mol. The lowest BCUT2D eigenvalue weighted by Gasteiger charge is -2.07. The van der Waals surface area contributed by atoms with Gasteiger partial charge in [0.15, 0.2) is 6.61 Å². The second-order valence-corrected chi connectivity index (χ2v) is 6.48. The molecule has 138 valence electrons. The van der Waals surface area contributed by atoms with Gasteiger partial charge in [-0.25, -0.2) is 4.79 Å². The molecular formula is C22H22N2O3. The maximum absolute atomic E-state index is 12.1. The van der Waals surface area contributed by atoms with Gasteiger partial charge in [-0.1, -0.05) is 50.2 Å². The Hall–Kier alpha value is -3.39. The maximum atomic E-state index is 12.1. The molecule has 0 spiro atoms. The molecule has 27 heavy (non-hydrogen) atoms. The predicted octanol–water partition coefficient (Wildman–Crippen LogP) is 4.21. The summed E-state index contributed by atoms with van der Waals surface area (Å²) in [5.74, 6) is -0.896. The summed E-state index contributed by atoms with van der Waals surface area (Å²) in [5, 5.41) is 11.9. The number of rotatable bonds is 6. The molecule has 0 fully saturated rings. The minimum absolute atomic E-state index is 0.157. The van der Waals surface area contributed by atoms with Crippen LogP contribution < -0.4 is 5.32 Å². The van der Waals surface area contributed by atoms with Gasteiger partial charge >= 0.3 is 5.97 Å². The molecule has 5 nitrogen and oxygen atoms in total. The number of aryl methyl sites for hydroxylation is 1. The van der Waals surface area contributed by atoms with Crippen LogP contribution in [0.5, 0.6) is 0 Å². The van der Waals surface area contributed by atoms with Crippen LogP contribution in [-0.2, 0) is 14.3 Å². The predicted molar refractivity (Wildman–Crippen MR) is 105 cm³/mol. The van der Waals surface area contributed by atoms with Gasteiger partial charge in [0.25, 0.3) is 5.91 Å². The molecule has 2 rings (SSSR count). The van der Waals surface area contributed by atoms with Crippen LogP contribution >= 0.6 is 0 Å². The maximum Gasteiger partial charge on any atom is 0.349 e. The summed E-state index contributed by atoms with van der Waals surface area (Å²) in [5.41, 5.74) is 3.36. The first-order valence-electron chi connectivity index (χ1n) is 8.64. The highest BCUT2D eigenvalue weighted by Crippen LogP contribution is 2.16. The zero-order valence-electron chi connectivity index (χ0n) is 15.7. The van der Waals surface area contributed by atoms with Crippen molar-refractivity contribution in [3.8, 4) is 6.07 Å². The number of nitriles is 1. The number of carbonyl (C=O) groups excluding carboxylic acids is 2. The van der Waals surface area contributed by atoms with E-state index in [1.165, 1.54) is 11.6 Å². The highest BCUT2D eigenvalue weighted by molar-refractivity contribution is 6.00. The third kappa shape index (κ3) is 6.12. The van der Waals surface area contributed by atoms with Crippen molar-refractivity contribution in [2.75, 3.05) is 11.9 Å². The summed E-state index contributed by atoms with van der Waals surface area (Å²) in [7, 11) is 0. The molecule has 0 radical (unpaired) electrons. The first-order valence-corrected chi connectivity index (χ1v) is 8.64. The van der Waals surface area contributed by atoms with E-state index in [-0.39, 0.29) is 5.57 Å². The topological polar surface area (TPSA) is 79.2 Å². The van der Waals surface area contributed by atoms with Crippen molar-refractivity contribution in [2.45, 2.75) is 26.7 Å². The first kappa shape index (κ1) is 19.9. The van der Waals surface area contributed by atoms with Crippen LogP contribution in [0.4, 0.5) is 5.69 Å². The van der Waals surface area contributed by atoms with Crippen molar-refractivity contribution >= 4 is 23.6 Å². The smallest absolute Gasteiger partial charge is 0.349 e. The van der Waals surface area contributed by atoms with E-state index < -0.39 is 18.5 Å². The molecule has 0 aliphatic carbocycles. The highest BCUT2D eigenvalue weighted by atomic mass is 16.5. The van der Waals surface area contributed by atoms with Gasteiger partial charge in [-0.3, -0.25) is 4.79 Å². The van der Waals surface area contributed by atoms with Gasteiger partial charge in [0.2, 0.25) is 0 Å². The Balaban J connectivity index is 1.96. The molecule has 0 bridgehead atoms. The van der Waals surface area contributed by atoms with Crippen LogP contribution in [0, 0.1) is 18.3 Å². The highest BCUT2D eigenvalue weighted by Gasteiger charge is 2.13. The van der Waals surface area contributed by atoms with Crippen LogP contribution in [0.2, 0.25) is 0 Å². The molecule has 0 aliphatic heterocycles. The summed E-state index contributed by atoms with van der Waals surface area (Å²) in [6, 6.07) is 16.7. The molecule has 1 amide bonds. The van der Waals surface area contributed by atoms with Gasteiger partial charge in [0.1, 0.15) is 11.6 Å². The lowest BCUT2D eigenvalue weighted by Crippen LogP contribution is -2.21. The molecule has 0 unspecified atom stereocenters. The Kier molecular flexibility index (Phi) is 6.90. The van der Waals surface area contributed by atoms with E-state index in [2.05, 4.69) is 19.2 Å². The van der Waals surface area contributed by atoms with E-state index in [0.717, 1.165) is 11.1 Å². The Morgan fingerprint density at radius 2 is 1.89 bits per heavy atom. The molecule has 0 saturated carbocycles. The SMILES string of the molecule is Cc1cccc(NC(=O)COC(=O)/C(C#N)=C/c2ccc(C(C)C)cc2)c1. The quantitative estimate of drug-likeness (QED) is 0.474. The largest absolute Gasteiger partial charge is 0.451 e. The summed E-state index contributed by atoms with van der Waals surface area (Å²) in [4.78, 5) is 24.0. The number of esters is 1. The fraction of sp³-hybridized carbons (Fsp3) is 0.227. The number of carbonyl (C=O) groups is 2. The van der Waals surface area contributed by atoms with E-state index >= 15 is 0 Å². The van der Waals surface area contributed by atoms with Crippen molar-refractivity contribution in [2.24, 2.45) is 0 Å². The van der Waals surface area contributed by atoms with Crippen molar-refractivity contribution in [1.29, 1.82) is 5.26 Å². The summed E-state index contributed by atoms with van der Waals surface area (Å²) in [6.45, 7) is 5.63. The van der Waals surface area contributed by atoms with Crippen LogP contribution in [0.25, 0.3) is 6.08 Å². The van der Waals surface area contributed by atoms with Crippen molar-refractivity contribution in [3.05, 3.63) is 70.8 Å². The van der Waals surface area contributed by atoms with Gasteiger partial charge in [-0.2, -0.15) is 5.26 Å². The zero-order valence-corrected chi connectivity index (χ0v) is 15.7. The average molecular weight is 362 g/mol. The van der Waals surface area contributed by atoms with Gasteiger partial charge in [-0.05, 0) is 47.7 Å². The lowest BCUT2D eigenvalue weighted by atomic mass is 10.0. The minimum atomic E-state index is -0.829. The summed E-state index contributed by atoms with van der Waals surface area (Å²) < 4.78 is 4.95. The number of benzene rings is 2.